The van der Waals surface area contributed by atoms with Gasteiger partial charge in [0.1, 0.15) is 12.7 Å². The van der Waals surface area contributed by atoms with Crippen molar-refractivity contribution >= 4 is 15.9 Å². The molecule has 0 N–H and O–H groups in total. The van der Waals surface area contributed by atoms with Crippen LogP contribution in [0.1, 0.15) is 25.0 Å². The molecule has 0 aromatic carbocycles. The van der Waals surface area contributed by atoms with E-state index in [1.165, 1.54) is 12.8 Å². The van der Waals surface area contributed by atoms with Gasteiger partial charge in [-0.1, -0.05) is 6.42 Å². The number of likely N-dealkylation sites (tertiary alicyclic amines) is 1. The second kappa shape index (κ2) is 6.17. The smallest absolute Gasteiger partial charge is 0.182 e. The Hall–Kier alpha value is -1.12. The van der Waals surface area contributed by atoms with E-state index in [1.807, 2.05) is 0 Å². The molecule has 1 saturated heterocycles. The number of hydrogen-bond donors (Lipinski definition) is 0. The zero-order chi connectivity index (χ0) is 13.0. The van der Waals surface area contributed by atoms with Crippen LogP contribution < -0.4 is 4.74 Å². The number of pyridine rings is 1. The summed E-state index contributed by atoms with van der Waals surface area (Å²) in [5.41, 5.74) is 0.344. The Morgan fingerprint density at radius 2 is 2.44 bits per heavy atom. The highest BCUT2D eigenvalue weighted by Gasteiger charge is 2.20. The Kier molecular flexibility index (Phi) is 4.56. The van der Waals surface area contributed by atoms with Gasteiger partial charge < -0.3 is 9.64 Å². The lowest BCUT2D eigenvalue weighted by Gasteiger charge is -2.32. The molecular weight excluding hydrogens is 294 g/mol. The summed E-state index contributed by atoms with van der Waals surface area (Å²) in [5, 5.41) is 8.98. The average Bonchev–Trinajstić information content (AvgIpc) is 2.38. The summed E-state index contributed by atoms with van der Waals surface area (Å²) in [6.45, 7) is 1.74. The molecule has 0 spiro atoms. The van der Waals surface area contributed by atoms with Gasteiger partial charge in [0, 0.05) is 16.7 Å². The summed E-state index contributed by atoms with van der Waals surface area (Å²) in [4.78, 5) is 6.35. The summed E-state index contributed by atoms with van der Waals surface area (Å²) in [7, 11) is 2.12. The maximum absolute atomic E-state index is 8.98. The van der Waals surface area contributed by atoms with Gasteiger partial charge in [-0.15, -0.1) is 0 Å². The van der Waals surface area contributed by atoms with Crippen LogP contribution in [-0.4, -0.2) is 36.1 Å². The normalized spacial score (nSPS) is 20.4. The molecule has 96 valence electrons. The molecule has 1 unspecified atom stereocenters. The fourth-order valence-corrected chi connectivity index (χ4v) is 2.47. The highest BCUT2D eigenvalue weighted by Crippen LogP contribution is 2.22. The third-order valence-electron chi connectivity index (χ3n) is 3.28. The predicted octanol–water partition coefficient (Wildman–Crippen LogP) is 2.58. The van der Waals surface area contributed by atoms with Gasteiger partial charge in [0.2, 0.25) is 0 Å². The molecule has 0 radical (unpaired) electrons. The largest absolute Gasteiger partial charge is 0.489 e. The van der Waals surface area contributed by atoms with Crippen LogP contribution >= 0.6 is 15.9 Å². The predicted molar refractivity (Wildman–Crippen MR) is 72.4 cm³/mol. The molecule has 1 aliphatic heterocycles. The topological polar surface area (TPSA) is 49.1 Å². The van der Waals surface area contributed by atoms with Crippen LogP contribution in [0, 0.1) is 11.3 Å². The number of piperidine rings is 1. The standard InChI is InChI=1S/C13H16BrN3O/c1-17-5-3-2-4-11(17)9-18-13-6-10(14)8-16-12(13)7-15/h6,8,11H,2-5,9H2,1H3. The minimum atomic E-state index is 0.344. The zero-order valence-electron chi connectivity index (χ0n) is 10.4. The SMILES string of the molecule is CN1CCCCC1COc1cc(Br)cnc1C#N. The van der Waals surface area contributed by atoms with Gasteiger partial charge in [0.15, 0.2) is 11.4 Å². The van der Waals surface area contributed by atoms with Gasteiger partial charge in [0.25, 0.3) is 0 Å². The summed E-state index contributed by atoms with van der Waals surface area (Å²) >= 11 is 3.34. The van der Waals surface area contributed by atoms with E-state index in [2.05, 4.69) is 38.9 Å². The van der Waals surface area contributed by atoms with Crippen molar-refractivity contribution in [1.82, 2.24) is 9.88 Å². The van der Waals surface area contributed by atoms with E-state index in [9.17, 15) is 0 Å². The van der Waals surface area contributed by atoms with E-state index in [4.69, 9.17) is 10.00 Å². The van der Waals surface area contributed by atoms with Crippen LogP contribution in [0.15, 0.2) is 16.7 Å². The first-order chi connectivity index (χ1) is 8.70. The molecule has 1 aromatic heterocycles. The van der Waals surface area contributed by atoms with Crippen molar-refractivity contribution in [2.45, 2.75) is 25.3 Å². The van der Waals surface area contributed by atoms with Gasteiger partial charge >= 0.3 is 0 Å². The third kappa shape index (κ3) is 3.21. The van der Waals surface area contributed by atoms with Crippen molar-refractivity contribution < 1.29 is 4.74 Å². The van der Waals surface area contributed by atoms with E-state index in [0.29, 0.717) is 24.1 Å². The fraction of sp³-hybridized carbons (Fsp3) is 0.538. The summed E-state index contributed by atoms with van der Waals surface area (Å²) < 4.78 is 6.59. The number of rotatable bonds is 3. The Balaban J connectivity index is 2.01. The van der Waals surface area contributed by atoms with Crippen LogP contribution in [0.2, 0.25) is 0 Å². The number of halogens is 1. The lowest BCUT2D eigenvalue weighted by Crippen LogP contribution is -2.40. The second-order valence-corrected chi connectivity index (χ2v) is 5.47. The highest BCUT2D eigenvalue weighted by molar-refractivity contribution is 9.10. The van der Waals surface area contributed by atoms with Crippen LogP contribution in [-0.2, 0) is 0 Å². The quantitative estimate of drug-likeness (QED) is 0.861. The van der Waals surface area contributed by atoms with Crippen LogP contribution in [0.25, 0.3) is 0 Å². The molecule has 0 saturated carbocycles. The van der Waals surface area contributed by atoms with Crippen LogP contribution in [0.3, 0.4) is 0 Å². The third-order valence-corrected chi connectivity index (χ3v) is 3.71. The minimum Gasteiger partial charge on any atom is -0.489 e. The van der Waals surface area contributed by atoms with Crippen molar-refractivity contribution in [1.29, 1.82) is 5.26 Å². The maximum Gasteiger partial charge on any atom is 0.182 e. The number of ether oxygens (including phenoxy) is 1. The van der Waals surface area contributed by atoms with Gasteiger partial charge in [0.05, 0.1) is 0 Å². The monoisotopic (exact) mass is 309 g/mol. The molecule has 1 fully saturated rings. The molecule has 0 bridgehead atoms. The van der Waals surface area contributed by atoms with E-state index < -0.39 is 0 Å². The fourth-order valence-electron chi connectivity index (χ4n) is 2.16. The molecule has 1 aliphatic rings. The molecule has 0 amide bonds. The lowest BCUT2D eigenvalue weighted by molar-refractivity contribution is 0.124. The number of nitrogens with zero attached hydrogens (tertiary/aromatic N) is 3. The van der Waals surface area contributed by atoms with E-state index in [-0.39, 0.29) is 0 Å². The van der Waals surface area contributed by atoms with E-state index >= 15 is 0 Å². The summed E-state index contributed by atoms with van der Waals surface area (Å²) in [6.07, 6.45) is 5.27. The molecule has 2 heterocycles. The van der Waals surface area contributed by atoms with Crippen molar-refractivity contribution in [2.24, 2.45) is 0 Å². The second-order valence-electron chi connectivity index (χ2n) is 4.55. The van der Waals surface area contributed by atoms with Crippen molar-refractivity contribution in [2.75, 3.05) is 20.2 Å². The number of nitriles is 1. The molecular formula is C13H16BrN3O. The Bertz CT molecular complexity index is 458. The van der Waals surface area contributed by atoms with Gasteiger partial charge in [-0.05, 0) is 48.4 Å². The zero-order valence-corrected chi connectivity index (χ0v) is 12.0. The summed E-state index contributed by atoms with van der Waals surface area (Å²) in [6, 6.07) is 4.29. The average molecular weight is 310 g/mol. The first-order valence-electron chi connectivity index (χ1n) is 6.09. The van der Waals surface area contributed by atoms with Crippen LogP contribution in [0.5, 0.6) is 5.75 Å². The molecule has 5 heteroatoms. The first-order valence-corrected chi connectivity index (χ1v) is 6.88. The molecule has 18 heavy (non-hydrogen) atoms. The van der Waals surface area contributed by atoms with Crippen molar-refractivity contribution in [3.63, 3.8) is 0 Å². The first kappa shape index (κ1) is 13.3. The highest BCUT2D eigenvalue weighted by atomic mass is 79.9. The summed E-state index contributed by atoms with van der Waals surface area (Å²) in [5.74, 6) is 0.561. The minimum absolute atomic E-state index is 0.344. The molecule has 1 atom stereocenters. The molecule has 1 aromatic rings. The van der Waals surface area contributed by atoms with E-state index in [1.54, 1.807) is 12.3 Å². The number of hydrogen-bond acceptors (Lipinski definition) is 4. The molecule has 2 rings (SSSR count). The van der Waals surface area contributed by atoms with Crippen LogP contribution in [0.4, 0.5) is 0 Å². The number of aromatic nitrogens is 1. The van der Waals surface area contributed by atoms with Gasteiger partial charge in [-0.3, -0.25) is 0 Å². The van der Waals surface area contributed by atoms with E-state index in [0.717, 1.165) is 17.4 Å². The Morgan fingerprint density at radius 3 is 3.17 bits per heavy atom. The maximum atomic E-state index is 8.98. The van der Waals surface area contributed by atoms with Gasteiger partial charge in [-0.2, -0.15) is 5.26 Å². The molecule has 4 nitrogen and oxygen atoms in total. The van der Waals surface area contributed by atoms with Crippen molar-refractivity contribution in [3.8, 4) is 11.8 Å². The number of likely N-dealkylation sites (N-methyl/N-ethyl adjacent to an activating group) is 1. The Morgan fingerprint density at radius 1 is 1.61 bits per heavy atom. The van der Waals surface area contributed by atoms with Crippen molar-refractivity contribution in [3.05, 3.63) is 22.4 Å². The Labute approximate surface area is 116 Å². The van der Waals surface area contributed by atoms with Gasteiger partial charge in [-0.25, -0.2) is 4.98 Å². The molecule has 0 aliphatic carbocycles. The lowest BCUT2D eigenvalue weighted by atomic mass is 10.0.